The number of benzene rings is 4. The molecule has 1 heterocycles. The first-order valence-electron chi connectivity index (χ1n) is 12.2. The van der Waals surface area contributed by atoms with Crippen LogP contribution in [0.3, 0.4) is 0 Å². The van der Waals surface area contributed by atoms with E-state index in [0.29, 0.717) is 34.4 Å². The monoisotopic (exact) mass is 522 g/mol. The summed E-state index contributed by atoms with van der Waals surface area (Å²) < 4.78 is 11.4. The summed E-state index contributed by atoms with van der Waals surface area (Å²) in [5.74, 6) is 1.23. The van der Waals surface area contributed by atoms with Crippen LogP contribution in [0, 0.1) is 6.92 Å². The van der Waals surface area contributed by atoms with E-state index in [0.717, 1.165) is 16.2 Å². The van der Waals surface area contributed by atoms with E-state index in [-0.39, 0.29) is 11.6 Å². The van der Waals surface area contributed by atoms with E-state index in [4.69, 9.17) is 9.47 Å². The van der Waals surface area contributed by atoms with Gasteiger partial charge in [0.05, 0.1) is 12.3 Å². The van der Waals surface area contributed by atoms with Gasteiger partial charge in [0.15, 0.2) is 0 Å². The van der Waals surface area contributed by atoms with Gasteiger partial charge in [0, 0.05) is 10.6 Å². The maximum atomic E-state index is 13.6. The van der Waals surface area contributed by atoms with E-state index < -0.39 is 5.91 Å². The predicted molar refractivity (Wildman–Crippen MR) is 151 cm³/mol. The molecule has 2 amide bonds. The molecule has 1 aliphatic heterocycles. The molecule has 1 N–H and O–H groups in total. The number of carbonyl (C=O) groups is 2. The number of thioether (sulfide) groups is 1. The molecular weight excluding hydrogens is 496 g/mol. The molecule has 0 aromatic heterocycles. The lowest BCUT2D eigenvalue weighted by molar-refractivity contribution is -0.120. The highest BCUT2D eigenvalue weighted by atomic mass is 32.2. The number of rotatable bonds is 9. The first-order valence-corrected chi connectivity index (χ1v) is 13.0. The molecule has 190 valence electrons. The Morgan fingerprint density at radius 1 is 0.737 bits per heavy atom. The Bertz CT molecular complexity index is 1470. The Balaban J connectivity index is 1.43. The summed E-state index contributed by atoms with van der Waals surface area (Å²) >= 11 is 1.27. The molecule has 0 unspecified atom stereocenters. The van der Waals surface area contributed by atoms with E-state index in [9.17, 15) is 9.59 Å². The molecule has 0 radical (unpaired) electrons. The van der Waals surface area contributed by atoms with Gasteiger partial charge >= 0.3 is 0 Å². The average molecular weight is 523 g/mol. The molecular formula is C31H26N2O4S. The summed E-state index contributed by atoms with van der Waals surface area (Å²) in [5.41, 5.74) is 2.49. The average Bonchev–Trinajstić information content (AvgIpc) is 3.16. The smallest absolute Gasteiger partial charge is 0.283 e. The second-order valence-electron chi connectivity index (χ2n) is 8.56. The molecule has 6 nitrogen and oxygen atoms in total. The van der Waals surface area contributed by atoms with Crippen LogP contribution >= 0.6 is 11.8 Å². The van der Waals surface area contributed by atoms with Crippen molar-refractivity contribution in [3.05, 3.63) is 119 Å². The number of hydrogen-bond acceptors (Lipinski definition) is 6. The van der Waals surface area contributed by atoms with Gasteiger partial charge < -0.3 is 14.8 Å². The quantitative estimate of drug-likeness (QED) is 0.235. The minimum absolute atomic E-state index is 0.231. The zero-order valence-electron chi connectivity index (χ0n) is 21.0. The maximum absolute atomic E-state index is 13.6. The number of nitrogens with one attached hydrogen (secondary N) is 1. The standard InChI is InChI=1S/C31H26N2O4S/c1-3-36-24-15-11-22(12-16-24)32-28-29(38-27-19-9-21(2)10-20-27)31(35)33(30(28)34)23-13-17-26(18-14-23)37-25-7-5-4-6-8-25/h4-20,32H,3H2,1-2H3. The van der Waals surface area contributed by atoms with Gasteiger partial charge in [-0.3, -0.25) is 9.59 Å². The molecule has 0 fully saturated rings. The van der Waals surface area contributed by atoms with Gasteiger partial charge in [0.25, 0.3) is 11.8 Å². The molecule has 0 saturated heterocycles. The second-order valence-corrected chi connectivity index (χ2v) is 9.64. The SMILES string of the molecule is CCOc1ccc(NC2=C(Sc3ccc(C)cc3)C(=O)N(c3ccc(Oc4ccccc4)cc3)C2=O)cc1. The highest BCUT2D eigenvalue weighted by molar-refractivity contribution is 8.04. The lowest BCUT2D eigenvalue weighted by Gasteiger charge is -2.16. The van der Waals surface area contributed by atoms with Crippen molar-refractivity contribution >= 4 is 35.0 Å². The molecule has 0 aliphatic carbocycles. The van der Waals surface area contributed by atoms with Crippen molar-refractivity contribution in [2.45, 2.75) is 18.7 Å². The van der Waals surface area contributed by atoms with Crippen molar-refractivity contribution in [3.8, 4) is 17.2 Å². The number of para-hydroxylation sites is 1. The van der Waals surface area contributed by atoms with Crippen molar-refractivity contribution in [2.75, 3.05) is 16.8 Å². The van der Waals surface area contributed by atoms with Crippen LogP contribution < -0.4 is 19.7 Å². The van der Waals surface area contributed by atoms with Crippen LogP contribution in [0.5, 0.6) is 17.2 Å². The zero-order valence-corrected chi connectivity index (χ0v) is 21.8. The lowest BCUT2D eigenvalue weighted by atomic mass is 10.2. The molecule has 5 rings (SSSR count). The third-order valence-corrected chi connectivity index (χ3v) is 6.88. The van der Waals surface area contributed by atoms with Gasteiger partial charge in [-0.2, -0.15) is 0 Å². The Labute approximate surface area is 225 Å². The van der Waals surface area contributed by atoms with Gasteiger partial charge in [-0.15, -0.1) is 0 Å². The van der Waals surface area contributed by atoms with E-state index in [1.165, 1.54) is 16.7 Å². The minimum atomic E-state index is -0.421. The first kappa shape index (κ1) is 25.2. The molecule has 4 aromatic rings. The van der Waals surface area contributed by atoms with Crippen LogP contribution in [0.25, 0.3) is 0 Å². The van der Waals surface area contributed by atoms with Gasteiger partial charge in [0.2, 0.25) is 0 Å². The largest absolute Gasteiger partial charge is 0.494 e. The number of imide groups is 1. The van der Waals surface area contributed by atoms with Gasteiger partial charge in [0.1, 0.15) is 27.9 Å². The lowest BCUT2D eigenvalue weighted by Crippen LogP contribution is -2.32. The summed E-state index contributed by atoms with van der Waals surface area (Å²) in [6, 6.07) is 31.5. The van der Waals surface area contributed by atoms with Crippen LogP contribution in [-0.2, 0) is 9.59 Å². The third-order valence-electron chi connectivity index (χ3n) is 5.79. The predicted octanol–water partition coefficient (Wildman–Crippen LogP) is 7.18. The fourth-order valence-electron chi connectivity index (χ4n) is 3.91. The zero-order chi connectivity index (χ0) is 26.5. The van der Waals surface area contributed by atoms with Crippen LogP contribution in [-0.4, -0.2) is 18.4 Å². The molecule has 4 aromatic carbocycles. The number of nitrogens with zero attached hydrogens (tertiary/aromatic N) is 1. The topological polar surface area (TPSA) is 67.9 Å². The van der Waals surface area contributed by atoms with Gasteiger partial charge in [-0.05, 0) is 86.6 Å². The van der Waals surface area contributed by atoms with Crippen molar-refractivity contribution < 1.29 is 19.1 Å². The van der Waals surface area contributed by atoms with Gasteiger partial charge in [-0.1, -0.05) is 47.7 Å². The van der Waals surface area contributed by atoms with Crippen LogP contribution in [0.1, 0.15) is 12.5 Å². The number of ether oxygens (including phenoxy) is 2. The molecule has 0 spiro atoms. The Hall–Kier alpha value is -4.49. The van der Waals surface area contributed by atoms with Crippen LogP contribution in [0.4, 0.5) is 11.4 Å². The van der Waals surface area contributed by atoms with E-state index in [1.807, 2.05) is 92.7 Å². The number of amides is 2. The summed E-state index contributed by atoms with van der Waals surface area (Å²) in [7, 11) is 0. The highest BCUT2D eigenvalue weighted by Gasteiger charge is 2.40. The second kappa shape index (κ2) is 11.3. The molecule has 0 atom stereocenters. The van der Waals surface area contributed by atoms with E-state index in [1.54, 1.807) is 24.3 Å². The van der Waals surface area contributed by atoms with Crippen molar-refractivity contribution in [2.24, 2.45) is 0 Å². The summed E-state index contributed by atoms with van der Waals surface area (Å²) in [5, 5.41) is 3.18. The normalized spacial score (nSPS) is 13.2. The summed E-state index contributed by atoms with van der Waals surface area (Å²) in [6.45, 7) is 4.49. The van der Waals surface area contributed by atoms with Crippen LogP contribution in [0.2, 0.25) is 0 Å². The van der Waals surface area contributed by atoms with Crippen LogP contribution in [0.15, 0.2) is 119 Å². The van der Waals surface area contributed by atoms with E-state index in [2.05, 4.69) is 5.32 Å². The first-order chi connectivity index (χ1) is 18.5. The third kappa shape index (κ3) is 5.58. The molecule has 7 heteroatoms. The van der Waals surface area contributed by atoms with E-state index >= 15 is 0 Å². The Morgan fingerprint density at radius 3 is 2.03 bits per heavy atom. The van der Waals surface area contributed by atoms with Gasteiger partial charge in [-0.25, -0.2) is 4.90 Å². The molecule has 0 bridgehead atoms. The van der Waals surface area contributed by atoms with Crippen molar-refractivity contribution in [1.29, 1.82) is 0 Å². The Morgan fingerprint density at radius 2 is 1.37 bits per heavy atom. The fraction of sp³-hybridized carbons (Fsp3) is 0.0968. The number of aryl methyl sites for hydroxylation is 1. The highest BCUT2D eigenvalue weighted by Crippen LogP contribution is 2.38. The summed E-state index contributed by atoms with van der Waals surface area (Å²) in [4.78, 5) is 29.7. The maximum Gasteiger partial charge on any atom is 0.283 e. The number of hydrogen-bond donors (Lipinski definition) is 1. The number of anilines is 2. The van der Waals surface area contributed by atoms with Crippen molar-refractivity contribution in [3.63, 3.8) is 0 Å². The molecule has 0 saturated carbocycles. The summed E-state index contributed by atoms with van der Waals surface area (Å²) in [6.07, 6.45) is 0. The fourth-order valence-corrected chi connectivity index (χ4v) is 4.83. The molecule has 1 aliphatic rings. The van der Waals surface area contributed by atoms with Crippen molar-refractivity contribution in [1.82, 2.24) is 0 Å². The number of carbonyl (C=O) groups excluding carboxylic acids is 2. The Kier molecular flexibility index (Phi) is 7.47. The minimum Gasteiger partial charge on any atom is -0.494 e. The molecule has 38 heavy (non-hydrogen) atoms.